The van der Waals surface area contributed by atoms with Crippen LogP contribution >= 0.6 is 0 Å². The highest BCUT2D eigenvalue weighted by molar-refractivity contribution is 5.10. The molecule has 1 aliphatic heterocycles. The summed E-state index contributed by atoms with van der Waals surface area (Å²) in [6.45, 7) is 7.00. The van der Waals surface area contributed by atoms with Crippen LogP contribution < -0.4 is 0 Å². The van der Waals surface area contributed by atoms with Crippen LogP contribution in [0.4, 0.5) is 0 Å². The molecule has 1 unspecified atom stereocenters. The van der Waals surface area contributed by atoms with Crippen LogP contribution in [0.15, 0.2) is 0 Å². The second-order valence-electron chi connectivity index (χ2n) is 6.36. The molecule has 0 aromatic carbocycles. The van der Waals surface area contributed by atoms with Gasteiger partial charge >= 0.3 is 0 Å². The summed E-state index contributed by atoms with van der Waals surface area (Å²) in [7, 11) is 0. The van der Waals surface area contributed by atoms with Crippen LogP contribution in [0.1, 0.15) is 58.8 Å². The molecule has 1 atom stereocenters. The number of hydrogen-bond acceptors (Lipinski definition) is 2. The lowest BCUT2D eigenvalue weighted by molar-refractivity contribution is 0.148. The zero-order valence-corrected chi connectivity index (χ0v) is 10.8. The van der Waals surface area contributed by atoms with E-state index in [4.69, 9.17) is 0 Å². The Kier molecular flexibility index (Phi) is 3.26. The molecular weight excluding hydrogens is 196 g/mol. The Morgan fingerprint density at radius 1 is 0.938 bits per heavy atom. The molecule has 0 aromatic rings. The number of nitrogens with zero attached hydrogens (tertiary/aromatic N) is 2. The van der Waals surface area contributed by atoms with Gasteiger partial charge in [-0.05, 0) is 57.0 Å². The summed E-state index contributed by atoms with van der Waals surface area (Å²) in [5, 5.41) is 9.61. The fourth-order valence-electron chi connectivity index (χ4n) is 3.30. The summed E-state index contributed by atoms with van der Waals surface area (Å²) in [6, 6.07) is 2.66. The fourth-order valence-corrected chi connectivity index (χ4v) is 3.30. The van der Waals surface area contributed by atoms with Gasteiger partial charge < -0.3 is 0 Å². The van der Waals surface area contributed by atoms with Crippen LogP contribution in [0.5, 0.6) is 0 Å². The van der Waals surface area contributed by atoms with Gasteiger partial charge in [-0.1, -0.05) is 20.3 Å². The highest BCUT2D eigenvalue weighted by Crippen LogP contribution is 2.41. The summed E-state index contributed by atoms with van der Waals surface area (Å²) >= 11 is 0. The summed E-state index contributed by atoms with van der Waals surface area (Å²) < 4.78 is 0. The molecule has 2 fully saturated rings. The molecule has 1 heterocycles. The monoisotopic (exact) mass is 220 g/mol. The molecule has 2 nitrogen and oxygen atoms in total. The van der Waals surface area contributed by atoms with Crippen molar-refractivity contribution in [3.05, 3.63) is 0 Å². The predicted molar refractivity (Wildman–Crippen MR) is 66.0 cm³/mol. The third-order valence-electron chi connectivity index (χ3n) is 4.58. The maximum atomic E-state index is 9.61. The van der Waals surface area contributed by atoms with Gasteiger partial charge in [-0.2, -0.15) is 5.26 Å². The third kappa shape index (κ3) is 2.25. The first-order valence-electron chi connectivity index (χ1n) is 6.74. The summed E-state index contributed by atoms with van der Waals surface area (Å²) in [4.78, 5) is 2.47. The van der Waals surface area contributed by atoms with Crippen LogP contribution in [0.2, 0.25) is 0 Å². The molecule has 16 heavy (non-hydrogen) atoms. The van der Waals surface area contributed by atoms with Crippen molar-refractivity contribution in [2.24, 2.45) is 5.41 Å². The van der Waals surface area contributed by atoms with Gasteiger partial charge in [-0.15, -0.1) is 0 Å². The molecule has 0 aromatic heterocycles. The van der Waals surface area contributed by atoms with Gasteiger partial charge in [0.25, 0.3) is 0 Å². The van der Waals surface area contributed by atoms with E-state index < -0.39 is 0 Å². The number of hydrogen-bond donors (Lipinski definition) is 0. The van der Waals surface area contributed by atoms with Gasteiger partial charge in [0.05, 0.1) is 6.07 Å². The molecule has 1 saturated heterocycles. The van der Waals surface area contributed by atoms with Crippen molar-refractivity contribution < 1.29 is 0 Å². The Morgan fingerprint density at radius 2 is 1.62 bits per heavy atom. The van der Waals surface area contributed by atoms with Gasteiger partial charge in [-0.3, -0.25) is 4.90 Å². The lowest BCUT2D eigenvalue weighted by Crippen LogP contribution is -2.45. The predicted octanol–water partition coefficient (Wildman–Crippen LogP) is 3.33. The topological polar surface area (TPSA) is 27.0 Å². The van der Waals surface area contributed by atoms with Crippen molar-refractivity contribution in [2.75, 3.05) is 13.1 Å². The molecular formula is C14H24N2. The largest absolute Gasteiger partial charge is 0.286 e. The third-order valence-corrected chi connectivity index (χ3v) is 4.58. The van der Waals surface area contributed by atoms with Crippen LogP contribution in [-0.2, 0) is 0 Å². The summed E-state index contributed by atoms with van der Waals surface area (Å²) in [5.41, 5.74) is 0.322. The molecule has 2 rings (SSSR count). The highest BCUT2D eigenvalue weighted by Gasteiger charge is 2.41. The van der Waals surface area contributed by atoms with E-state index >= 15 is 0 Å². The normalized spacial score (nSPS) is 35.6. The quantitative estimate of drug-likeness (QED) is 0.634. The molecule has 0 amide bonds. The van der Waals surface area contributed by atoms with Crippen molar-refractivity contribution in [2.45, 2.75) is 64.3 Å². The maximum Gasteiger partial charge on any atom is 0.109 e. The van der Waals surface area contributed by atoms with Crippen LogP contribution in [0.25, 0.3) is 0 Å². The molecule has 90 valence electrons. The molecule has 1 aliphatic carbocycles. The van der Waals surface area contributed by atoms with E-state index in [1.165, 1.54) is 32.1 Å². The van der Waals surface area contributed by atoms with Gasteiger partial charge in [0.15, 0.2) is 0 Å². The standard InChI is InChI=1S/C14H24N2/c1-13(2)6-5-7-14(12-15,9-8-13)16-10-3-4-11-16/h3-11H2,1-2H3. The Hall–Kier alpha value is -0.550. The van der Waals surface area contributed by atoms with Crippen molar-refractivity contribution in [3.8, 4) is 6.07 Å². The zero-order chi connectivity index (χ0) is 11.6. The Labute approximate surface area is 99.6 Å². The lowest BCUT2D eigenvalue weighted by Gasteiger charge is -2.35. The Morgan fingerprint density at radius 3 is 2.25 bits per heavy atom. The van der Waals surface area contributed by atoms with Gasteiger partial charge in [-0.25, -0.2) is 0 Å². The summed E-state index contributed by atoms with van der Waals surface area (Å²) in [6.07, 6.45) is 8.45. The zero-order valence-electron chi connectivity index (χ0n) is 10.8. The van der Waals surface area contributed by atoms with Crippen LogP contribution in [0.3, 0.4) is 0 Å². The summed E-state index contributed by atoms with van der Waals surface area (Å²) in [5.74, 6) is 0. The van der Waals surface area contributed by atoms with Gasteiger partial charge in [0.1, 0.15) is 5.54 Å². The second kappa shape index (κ2) is 4.37. The van der Waals surface area contributed by atoms with Crippen molar-refractivity contribution in [3.63, 3.8) is 0 Å². The average Bonchev–Trinajstić information content (AvgIpc) is 2.72. The van der Waals surface area contributed by atoms with Crippen molar-refractivity contribution in [1.82, 2.24) is 4.90 Å². The molecule has 0 spiro atoms. The fraction of sp³-hybridized carbons (Fsp3) is 0.929. The molecule has 0 radical (unpaired) electrons. The number of rotatable bonds is 1. The number of nitriles is 1. The second-order valence-corrected chi connectivity index (χ2v) is 6.36. The molecule has 0 N–H and O–H groups in total. The van der Waals surface area contributed by atoms with Gasteiger partial charge in [0, 0.05) is 0 Å². The van der Waals surface area contributed by atoms with E-state index in [1.807, 2.05) is 0 Å². The van der Waals surface area contributed by atoms with E-state index in [1.54, 1.807) is 0 Å². The minimum atomic E-state index is -0.121. The van der Waals surface area contributed by atoms with Crippen LogP contribution in [0, 0.1) is 16.7 Å². The van der Waals surface area contributed by atoms with Crippen molar-refractivity contribution in [1.29, 1.82) is 5.26 Å². The molecule has 1 saturated carbocycles. The van der Waals surface area contributed by atoms with E-state index in [2.05, 4.69) is 24.8 Å². The maximum absolute atomic E-state index is 9.61. The number of likely N-dealkylation sites (tertiary alicyclic amines) is 1. The first-order chi connectivity index (χ1) is 7.58. The SMILES string of the molecule is CC1(C)CCCC(C#N)(N2CCCC2)CC1. The lowest BCUT2D eigenvalue weighted by atomic mass is 9.83. The van der Waals surface area contributed by atoms with E-state index in [0.29, 0.717) is 5.41 Å². The molecule has 0 bridgehead atoms. The smallest absolute Gasteiger partial charge is 0.109 e. The first kappa shape index (κ1) is 11.9. The minimum Gasteiger partial charge on any atom is -0.286 e. The van der Waals surface area contributed by atoms with E-state index in [9.17, 15) is 5.26 Å². The molecule has 2 aliphatic rings. The highest BCUT2D eigenvalue weighted by atomic mass is 15.2. The Balaban J connectivity index is 2.12. The van der Waals surface area contributed by atoms with Gasteiger partial charge in [0.2, 0.25) is 0 Å². The van der Waals surface area contributed by atoms with Crippen molar-refractivity contribution >= 4 is 0 Å². The first-order valence-corrected chi connectivity index (χ1v) is 6.74. The van der Waals surface area contributed by atoms with E-state index in [0.717, 1.165) is 25.9 Å². The average molecular weight is 220 g/mol. The Bertz CT molecular complexity index is 284. The molecule has 2 heteroatoms. The van der Waals surface area contributed by atoms with E-state index in [-0.39, 0.29) is 5.54 Å². The van der Waals surface area contributed by atoms with Crippen LogP contribution in [-0.4, -0.2) is 23.5 Å². The minimum absolute atomic E-state index is 0.121.